The zero-order chi connectivity index (χ0) is 16.7. The Labute approximate surface area is 139 Å². The van der Waals surface area contributed by atoms with Gasteiger partial charge in [-0.15, -0.1) is 0 Å². The van der Waals surface area contributed by atoms with Crippen LogP contribution in [0.4, 0.5) is 0 Å². The summed E-state index contributed by atoms with van der Waals surface area (Å²) in [6.07, 6.45) is 6.25. The lowest BCUT2D eigenvalue weighted by Crippen LogP contribution is -2.39. The van der Waals surface area contributed by atoms with E-state index in [-0.39, 0.29) is 11.8 Å². The molecule has 2 rings (SSSR count). The molecular formula is C19H28N2O2. The highest BCUT2D eigenvalue weighted by Gasteiger charge is 2.17. The van der Waals surface area contributed by atoms with Gasteiger partial charge >= 0.3 is 0 Å². The smallest absolute Gasteiger partial charge is 0.221 e. The summed E-state index contributed by atoms with van der Waals surface area (Å²) in [5.41, 5.74) is 2.31. The number of hydrogen-bond donors (Lipinski definition) is 1. The van der Waals surface area contributed by atoms with E-state index in [1.807, 2.05) is 31.2 Å². The molecule has 2 amide bonds. The highest BCUT2D eigenvalue weighted by atomic mass is 16.2. The van der Waals surface area contributed by atoms with Gasteiger partial charge < -0.3 is 10.2 Å². The Hall–Kier alpha value is -1.84. The minimum absolute atomic E-state index is 0.0127. The van der Waals surface area contributed by atoms with Crippen LogP contribution in [-0.4, -0.2) is 29.3 Å². The zero-order valence-corrected chi connectivity index (χ0v) is 14.3. The van der Waals surface area contributed by atoms with E-state index in [9.17, 15) is 9.59 Å². The summed E-state index contributed by atoms with van der Waals surface area (Å²) < 4.78 is 0. The van der Waals surface area contributed by atoms with Crippen molar-refractivity contribution < 1.29 is 9.59 Å². The zero-order valence-electron chi connectivity index (χ0n) is 14.3. The molecule has 1 N–H and O–H groups in total. The molecule has 126 valence electrons. The highest BCUT2D eigenvalue weighted by molar-refractivity contribution is 5.78. The summed E-state index contributed by atoms with van der Waals surface area (Å²) in [7, 11) is 0. The summed E-state index contributed by atoms with van der Waals surface area (Å²) in [5, 5.41) is 3.11. The van der Waals surface area contributed by atoms with Crippen LogP contribution in [0.2, 0.25) is 0 Å². The van der Waals surface area contributed by atoms with Crippen LogP contribution in [0.5, 0.6) is 0 Å². The predicted molar refractivity (Wildman–Crippen MR) is 91.9 cm³/mol. The number of benzene rings is 1. The number of carbonyl (C=O) groups is 2. The van der Waals surface area contributed by atoms with E-state index in [0.29, 0.717) is 25.6 Å². The fraction of sp³-hybridized carbons (Fsp3) is 0.579. The quantitative estimate of drug-likeness (QED) is 0.876. The molecule has 0 aliphatic heterocycles. The van der Waals surface area contributed by atoms with Crippen LogP contribution in [0.1, 0.15) is 56.6 Å². The molecule has 0 aromatic heterocycles. The van der Waals surface area contributed by atoms with E-state index >= 15 is 0 Å². The molecule has 1 saturated carbocycles. The van der Waals surface area contributed by atoms with Gasteiger partial charge in [-0.25, -0.2) is 0 Å². The molecule has 23 heavy (non-hydrogen) atoms. The van der Waals surface area contributed by atoms with E-state index in [0.717, 1.165) is 18.4 Å². The van der Waals surface area contributed by atoms with Gasteiger partial charge in [0.15, 0.2) is 0 Å². The summed E-state index contributed by atoms with van der Waals surface area (Å²) in [6.45, 7) is 4.65. The predicted octanol–water partition coefficient (Wildman–Crippen LogP) is 3.18. The van der Waals surface area contributed by atoms with E-state index in [1.165, 1.54) is 24.8 Å². The van der Waals surface area contributed by atoms with Crippen LogP contribution in [0.15, 0.2) is 24.3 Å². The first-order valence-electron chi connectivity index (χ1n) is 8.65. The van der Waals surface area contributed by atoms with Gasteiger partial charge in [0.1, 0.15) is 0 Å². The summed E-state index contributed by atoms with van der Waals surface area (Å²) in [6, 6.07) is 8.39. The minimum Gasteiger partial charge on any atom is -0.353 e. The summed E-state index contributed by atoms with van der Waals surface area (Å²) in [4.78, 5) is 25.7. The van der Waals surface area contributed by atoms with E-state index < -0.39 is 0 Å². The molecule has 1 aromatic carbocycles. The van der Waals surface area contributed by atoms with Crippen LogP contribution in [-0.2, 0) is 16.1 Å². The van der Waals surface area contributed by atoms with Crippen molar-refractivity contribution in [2.75, 3.05) is 6.54 Å². The van der Waals surface area contributed by atoms with Crippen molar-refractivity contribution in [2.24, 2.45) is 0 Å². The second-order valence-electron chi connectivity index (χ2n) is 6.52. The molecule has 0 atom stereocenters. The third-order valence-corrected chi connectivity index (χ3v) is 4.65. The molecule has 1 aromatic rings. The van der Waals surface area contributed by atoms with E-state index in [2.05, 4.69) is 5.32 Å². The Bertz CT molecular complexity index is 536. The topological polar surface area (TPSA) is 49.4 Å². The molecule has 0 bridgehead atoms. The van der Waals surface area contributed by atoms with Crippen molar-refractivity contribution in [2.45, 2.75) is 65.0 Å². The molecule has 1 fully saturated rings. The minimum atomic E-state index is 0.0127. The number of aryl methyl sites for hydroxylation is 1. The number of rotatable bonds is 6. The van der Waals surface area contributed by atoms with E-state index in [1.54, 1.807) is 11.8 Å². The normalized spacial score (nSPS) is 15.2. The molecule has 1 aliphatic rings. The van der Waals surface area contributed by atoms with Crippen molar-refractivity contribution in [3.05, 3.63) is 35.4 Å². The average Bonchev–Trinajstić information content (AvgIpc) is 2.53. The molecular weight excluding hydrogens is 288 g/mol. The van der Waals surface area contributed by atoms with Gasteiger partial charge in [0.25, 0.3) is 0 Å². The second kappa shape index (κ2) is 8.70. The average molecular weight is 316 g/mol. The number of nitrogens with zero attached hydrogens (tertiary/aromatic N) is 1. The lowest BCUT2D eigenvalue weighted by molar-refractivity contribution is -0.130. The maximum Gasteiger partial charge on any atom is 0.221 e. The molecule has 0 saturated heterocycles. The molecule has 0 unspecified atom stereocenters. The lowest BCUT2D eigenvalue weighted by atomic mass is 9.95. The van der Waals surface area contributed by atoms with Gasteiger partial charge in [-0.3, -0.25) is 9.59 Å². The van der Waals surface area contributed by atoms with E-state index in [4.69, 9.17) is 0 Å². The van der Waals surface area contributed by atoms with Crippen LogP contribution < -0.4 is 5.32 Å². The number of nitrogens with one attached hydrogen (secondary N) is 1. The largest absolute Gasteiger partial charge is 0.353 e. The van der Waals surface area contributed by atoms with Crippen LogP contribution >= 0.6 is 0 Å². The first kappa shape index (κ1) is 17.5. The van der Waals surface area contributed by atoms with Crippen molar-refractivity contribution >= 4 is 11.8 Å². The third kappa shape index (κ3) is 5.70. The van der Waals surface area contributed by atoms with Gasteiger partial charge in [0.2, 0.25) is 11.8 Å². The van der Waals surface area contributed by atoms with Gasteiger partial charge in [-0.2, -0.15) is 0 Å². The Morgan fingerprint density at radius 3 is 2.52 bits per heavy atom. The molecule has 1 aliphatic carbocycles. The molecule has 4 nitrogen and oxygen atoms in total. The Morgan fingerprint density at radius 2 is 1.87 bits per heavy atom. The van der Waals surface area contributed by atoms with Crippen molar-refractivity contribution in [3.8, 4) is 0 Å². The highest BCUT2D eigenvalue weighted by Crippen LogP contribution is 2.17. The Balaban J connectivity index is 1.83. The monoisotopic (exact) mass is 316 g/mol. The van der Waals surface area contributed by atoms with Crippen molar-refractivity contribution in [1.29, 1.82) is 0 Å². The van der Waals surface area contributed by atoms with Crippen LogP contribution in [0, 0.1) is 6.92 Å². The molecule has 0 radical (unpaired) electrons. The van der Waals surface area contributed by atoms with Crippen molar-refractivity contribution in [3.63, 3.8) is 0 Å². The molecule has 4 heteroatoms. The van der Waals surface area contributed by atoms with Gasteiger partial charge in [-0.05, 0) is 30.9 Å². The number of amides is 2. The standard InChI is InChI=1S/C19H28N2O2/c1-15-8-6-7-9-17(15)14-21(16(2)22)13-12-19(23)20-18-10-4-3-5-11-18/h6-9,18H,3-5,10-14H2,1-2H3,(H,20,23). The maximum absolute atomic E-state index is 12.1. The summed E-state index contributed by atoms with van der Waals surface area (Å²) >= 11 is 0. The second-order valence-corrected chi connectivity index (χ2v) is 6.52. The van der Waals surface area contributed by atoms with Crippen LogP contribution in [0.3, 0.4) is 0 Å². The van der Waals surface area contributed by atoms with Gasteiger partial charge in [0, 0.05) is 32.5 Å². The van der Waals surface area contributed by atoms with Crippen molar-refractivity contribution in [1.82, 2.24) is 10.2 Å². The van der Waals surface area contributed by atoms with Gasteiger partial charge in [-0.1, -0.05) is 43.5 Å². The third-order valence-electron chi connectivity index (χ3n) is 4.65. The summed E-state index contributed by atoms with van der Waals surface area (Å²) in [5.74, 6) is 0.0756. The SMILES string of the molecule is CC(=O)N(CCC(=O)NC1CCCCC1)Cc1ccccc1C. The number of hydrogen-bond acceptors (Lipinski definition) is 2. The first-order valence-corrected chi connectivity index (χ1v) is 8.65. The lowest BCUT2D eigenvalue weighted by Gasteiger charge is -2.25. The fourth-order valence-electron chi connectivity index (χ4n) is 3.12. The Kier molecular flexibility index (Phi) is 6.63. The van der Waals surface area contributed by atoms with Crippen LogP contribution in [0.25, 0.3) is 0 Å². The molecule has 0 spiro atoms. The Morgan fingerprint density at radius 1 is 1.17 bits per heavy atom. The maximum atomic E-state index is 12.1. The van der Waals surface area contributed by atoms with Gasteiger partial charge in [0.05, 0.1) is 0 Å². The number of carbonyl (C=O) groups excluding carboxylic acids is 2. The first-order chi connectivity index (χ1) is 11.1. The molecule has 0 heterocycles. The fourth-order valence-corrected chi connectivity index (χ4v) is 3.12.